The van der Waals surface area contributed by atoms with Gasteiger partial charge in [-0.25, -0.2) is 0 Å². The number of hydrogen-bond donors (Lipinski definition) is 1. The van der Waals surface area contributed by atoms with Gasteiger partial charge in [-0.05, 0) is 25.0 Å². The molecule has 0 aliphatic heterocycles. The summed E-state index contributed by atoms with van der Waals surface area (Å²) in [6.45, 7) is 0. The Bertz CT molecular complexity index is 294. The second-order valence-electron chi connectivity index (χ2n) is 3.09. The first-order chi connectivity index (χ1) is 5.76. The molecule has 0 aromatic carbocycles. The standard InChI is InChI=1S/C9H11NO2/c1-12-7-3-2-6-10-8(7)9(11)4-5-9/h2-3,6,11H,4-5H2,1H3. The molecule has 0 unspecified atom stereocenters. The first kappa shape index (κ1) is 7.55. The van der Waals surface area contributed by atoms with Crippen LogP contribution in [0.5, 0.6) is 5.75 Å². The van der Waals surface area contributed by atoms with Gasteiger partial charge in [-0.2, -0.15) is 0 Å². The Morgan fingerprint density at radius 3 is 2.92 bits per heavy atom. The minimum atomic E-state index is -0.702. The number of rotatable bonds is 2. The van der Waals surface area contributed by atoms with Gasteiger partial charge in [-0.15, -0.1) is 0 Å². The van der Waals surface area contributed by atoms with Crippen molar-refractivity contribution in [1.29, 1.82) is 0 Å². The van der Waals surface area contributed by atoms with Crippen LogP contribution in [0.1, 0.15) is 18.5 Å². The molecule has 2 rings (SSSR count). The molecule has 1 aromatic heterocycles. The molecule has 1 heterocycles. The van der Waals surface area contributed by atoms with Gasteiger partial charge < -0.3 is 9.84 Å². The summed E-state index contributed by atoms with van der Waals surface area (Å²) in [4.78, 5) is 4.11. The Kier molecular flexibility index (Phi) is 1.54. The summed E-state index contributed by atoms with van der Waals surface area (Å²) in [6, 6.07) is 3.62. The molecule has 0 radical (unpaired) electrons. The second kappa shape index (κ2) is 2.45. The highest BCUT2D eigenvalue weighted by molar-refractivity contribution is 5.34. The Hall–Kier alpha value is -1.09. The number of nitrogens with zero attached hydrogens (tertiary/aromatic N) is 1. The van der Waals surface area contributed by atoms with Crippen molar-refractivity contribution in [2.75, 3.05) is 7.11 Å². The van der Waals surface area contributed by atoms with Crippen LogP contribution in [0.25, 0.3) is 0 Å². The van der Waals surface area contributed by atoms with Crippen LogP contribution in [0.15, 0.2) is 18.3 Å². The summed E-state index contributed by atoms with van der Waals surface area (Å²) in [6.07, 6.45) is 3.26. The summed E-state index contributed by atoms with van der Waals surface area (Å²) < 4.78 is 5.09. The summed E-state index contributed by atoms with van der Waals surface area (Å²) in [7, 11) is 1.59. The fraction of sp³-hybridized carbons (Fsp3) is 0.444. The lowest BCUT2D eigenvalue weighted by molar-refractivity contribution is 0.142. The molecule has 1 fully saturated rings. The predicted octanol–water partition coefficient (Wildman–Crippen LogP) is 1.07. The minimum absolute atomic E-state index is 0.674. The highest BCUT2D eigenvalue weighted by Crippen LogP contribution is 2.47. The quantitative estimate of drug-likeness (QED) is 0.712. The van der Waals surface area contributed by atoms with E-state index in [-0.39, 0.29) is 0 Å². The highest BCUT2D eigenvalue weighted by Gasteiger charge is 2.45. The van der Waals surface area contributed by atoms with Crippen LogP contribution in [-0.4, -0.2) is 17.2 Å². The van der Waals surface area contributed by atoms with E-state index in [0.29, 0.717) is 11.4 Å². The zero-order valence-corrected chi connectivity index (χ0v) is 6.95. The third kappa shape index (κ3) is 1.06. The predicted molar refractivity (Wildman–Crippen MR) is 43.9 cm³/mol. The lowest BCUT2D eigenvalue weighted by Crippen LogP contribution is -2.08. The van der Waals surface area contributed by atoms with Crippen molar-refractivity contribution in [3.8, 4) is 5.75 Å². The molecule has 3 nitrogen and oxygen atoms in total. The molecule has 0 saturated heterocycles. The highest BCUT2D eigenvalue weighted by atomic mass is 16.5. The van der Waals surface area contributed by atoms with Crippen molar-refractivity contribution >= 4 is 0 Å². The summed E-state index contributed by atoms with van der Waals surface area (Å²) in [5.41, 5.74) is -0.0282. The number of aliphatic hydroxyl groups is 1. The SMILES string of the molecule is COc1cccnc1C1(O)CC1. The summed E-state index contributed by atoms with van der Waals surface area (Å²) >= 11 is 0. The number of hydrogen-bond acceptors (Lipinski definition) is 3. The summed E-state index contributed by atoms with van der Waals surface area (Å²) in [5.74, 6) is 0.678. The van der Waals surface area contributed by atoms with Crippen molar-refractivity contribution in [2.24, 2.45) is 0 Å². The van der Waals surface area contributed by atoms with Gasteiger partial charge in [0.05, 0.1) is 7.11 Å². The van der Waals surface area contributed by atoms with Gasteiger partial charge in [0, 0.05) is 6.20 Å². The molecule has 0 amide bonds. The molecule has 1 aliphatic rings. The lowest BCUT2D eigenvalue weighted by Gasteiger charge is -2.10. The maximum atomic E-state index is 9.77. The molecule has 0 spiro atoms. The fourth-order valence-corrected chi connectivity index (χ4v) is 1.26. The Morgan fingerprint density at radius 2 is 2.33 bits per heavy atom. The van der Waals surface area contributed by atoms with E-state index >= 15 is 0 Å². The third-order valence-electron chi connectivity index (χ3n) is 2.16. The average Bonchev–Trinajstić information content (AvgIpc) is 2.85. The third-order valence-corrected chi connectivity index (χ3v) is 2.16. The minimum Gasteiger partial charge on any atom is -0.495 e. The molecule has 1 aromatic rings. The topological polar surface area (TPSA) is 42.4 Å². The zero-order valence-electron chi connectivity index (χ0n) is 6.95. The van der Waals surface area contributed by atoms with E-state index in [4.69, 9.17) is 4.74 Å². The monoisotopic (exact) mass is 165 g/mol. The normalized spacial score (nSPS) is 18.8. The molecule has 1 saturated carbocycles. The Labute approximate surface area is 71.0 Å². The molecule has 0 bridgehead atoms. The number of methoxy groups -OCH3 is 1. The van der Waals surface area contributed by atoms with Crippen LogP contribution in [0.3, 0.4) is 0 Å². The smallest absolute Gasteiger partial charge is 0.143 e. The molecule has 64 valence electrons. The van der Waals surface area contributed by atoms with Crippen molar-refractivity contribution in [3.05, 3.63) is 24.0 Å². The fourth-order valence-electron chi connectivity index (χ4n) is 1.26. The second-order valence-corrected chi connectivity index (χ2v) is 3.09. The molecule has 12 heavy (non-hydrogen) atoms. The van der Waals surface area contributed by atoms with Gasteiger partial charge in [0.15, 0.2) is 0 Å². The van der Waals surface area contributed by atoms with E-state index in [1.807, 2.05) is 6.07 Å². The van der Waals surface area contributed by atoms with Crippen LogP contribution in [-0.2, 0) is 5.60 Å². The van der Waals surface area contributed by atoms with Crippen LogP contribution in [0.2, 0.25) is 0 Å². The largest absolute Gasteiger partial charge is 0.495 e. The van der Waals surface area contributed by atoms with Gasteiger partial charge >= 0.3 is 0 Å². The van der Waals surface area contributed by atoms with Crippen LogP contribution in [0.4, 0.5) is 0 Å². The first-order valence-electron chi connectivity index (χ1n) is 3.98. The van der Waals surface area contributed by atoms with E-state index in [0.717, 1.165) is 12.8 Å². The van der Waals surface area contributed by atoms with E-state index in [1.165, 1.54) is 0 Å². The van der Waals surface area contributed by atoms with Crippen molar-refractivity contribution in [1.82, 2.24) is 4.98 Å². The van der Waals surface area contributed by atoms with E-state index in [2.05, 4.69) is 4.98 Å². The molecule has 0 atom stereocenters. The van der Waals surface area contributed by atoms with E-state index in [1.54, 1.807) is 19.4 Å². The Morgan fingerprint density at radius 1 is 1.58 bits per heavy atom. The van der Waals surface area contributed by atoms with Gasteiger partial charge in [0.1, 0.15) is 17.0 Å². The van der Waals surface area contributed by atoms with E-state index in [9.17, 15) is 5.11 Å². The molecular weight excluding hydrogens is 154 g/mol. The van der Waals surface area contributed by atoms with Gasteiger partial charge in [-0.1, -0.05) is 0 Å². The van der Waals surface area contributed by atoms with Crippen molar-refractivity contribution < 1.29 is 9.84 Å². The van der Waals surface area contributed by atoms with E-state index < -0.39 is 5.60 Å². The van der Waals surface area contributed by atoms with Crippen LogP contribution >= 0.6 is 0 Å². The Balaban J connectivity index is 2.42. The maximum absolute atomic E-state index is 9.77. The van der Waals surface area contributed by atoms with Gasteiger partial charge in [0.2, 0.25) is 0 Å². The summed E-state index contributed by atoms with van der Waals surface area (Å²) in [5, 5.41) is 9.77. The molecule has 1 N–H and O–H groups in total. The van der Waals surface area contributed by atoms with Crippen LogP contribution in [0, 0.1) is 0 Å². The molecule has 3 heteroatoms. The first-order valence-corrected chi connectivity index (χ1v) is 3.98. The van der Waals surface area contributed by atoms with Crippen molar-refractivity contribution in [3.63, 3.8) is 0 Å². The number of aromatic nitrogens is 1. The van der Waals surface area contributed by atoms with Gasteiger partial charge in [0.25, 0.3) is 0 Å². The van der Waals surface area contributed by atoms with Crippen LogP contribution < -0.4 is 4.74 Å². The average molecular weight is 165 g/mol. The number of pyridine rings is 1. The zero-order chi connectivity index (χ0) is 8.60. The van der Waals surface area contributed by atoms with Crippen molar-refractivity contribution in [2.45, 2.75) is 18.4 Å². The lowest BCUT2D eigenvalue weighted by atomic mass is 10.2. The maximum Gasteiger partial charge on any atom is 0.143 e. The van der Waals surface area contributed by atoms with Gasteiger partial charge in [-0.3, -0.25) is 4.98 Å². The molecule has 1 aliphatic carbocycles. The molecular formula is C9H11NO2. The number of ether oxygens (including phenoxy) is 1.